The quantitative estimate of drug-likeness (QED) is 0.368. The molecule has 0 aromatic rings. The number of rotatable bonds is 7. The molecule has 1 atom stereocenters. The predicted molar refractivity (Wildman–Crippen MR) is 98.6 cm³/mol. The fraction of sp³-hybridized carbons (Fsp3) is 0.750. The van der Waals surface area contributed by atoms with Crippen molar-refractivity contribution in [2.24, 2.45) is 23.2 Å². The Morgan fingerprint density at radius 1 is 1.15 bits per heavy atom. The highest BCUT2D eigenvalue weighted by atomic mass is 16.2. The SMILES string of the molecule is CC(=O)NCCN/C=C(/C#N)C(=O)NC(C)C12CC3CC(CC(C3)C1)C2. The minimum Gasteiger partial charge on any atom is -0.388 e. The van der Waals surface area contributed by atoms with E-state index in [1.807, 2.05) is 6.07 Å². The third-order valence-corrected chi connectivity index (χ3v) is 6.61. The second kappa shape index (κ2) is 7.69. The summed E-state index contributed by atoms with van der Waals surface area (Å²) in [5.74, 6) is 2.10. The van der Waals surface area contributed by atoms with Gasteiger partial charge in [-0.3, -0.25) is 9.59 Å². The second-order valence-corrected chi connectivity index (χ2v) is 8.58. The lowest BCUT2D eigenvalue weighted by Crippen LogP contribution is -2.56. The molecule has 1 unspecified atom stereocenters. The van der Waals surface area contributed by atoms with Crippen LogP contribution in [0.5, 0.6) is 0 Å². The summed E-state index contributed by atoms with van der Waals surface area (Å²) in [7, 11) is 0. The van der Waals surface area contributed by atoms with Gasteiger partial charge in [-0.05, 0) is 68.6 Å². The summed E-state index contributed by atoms with van der Waals surface area (Å²) in [6.45, 7) is 4.50. The van der Waals surface area contributed by atoms with Gasteiger partial charge in [-0.1, -0.05) is 0 Å². The zero-order valence-electron chi connectivity index (χ0n) is 15.8. The van der Waals surface area contributed by atoms with Gasteiger partial charge < -0.3 is 16.0 Å². The molecule has 142 valence electrons. The van der Waals surface area contributed by atoms with Crippen molar-refractivity contribution in [3.05, 3.63) is 11.8 Å². The van der Waals surface area contributed by atoms with Crippen molar-refractivity contribution in [3.8, 4) is 6.07 Å². The van der Waals surface area contributed by atoms with E-state index in [2.05, 4.69) is 22.9 Å². The average Bonchev–Trinajstić information content (AvgIpc) is 2.56. The zero-order chi connectivity index (χ0) is 18.7. The Balaban J connectivity index is 1.54. The number of carbonyl (C=O) groups is 2. The average molecular weight is 358 g/mol. The van der Waals surface area contributed by atoms with E-state index < -0.39 is 0 Å². The third-order valence-electron chi connectivity index (χ3n) is 6.61. The summed E-state index contributed by atoms with van der Waals surface area (Å²) in [5, 5.41) is 18.0. The third kappa shape index (κ3) is 4.03. The van der Waals surface area contributed by atoms with Crippen LogP contribution in [0.15, 0.2) is 11.8 Å². The van der Waals surface area contributed by atoms with Crippen LogP contribution in [-0.4, -0.2) is 30.9 Å². The maximum atomic E-state index is 12.5. The molecule has 0 heterocycles. The van der Waals surface area contributed by atoms with Gasteiger partial charge in [0.2, 0.25) is 5.91 Å². The largest absolute Gasteiger partial charge is 0.388 e. The fourth-order valence-corrected chi connectivity index (χ4v) is 5.77. The predicted octanol–water partition coefficient (Wildman–Crippen LogP) is 1.84. The second-order valence-electron chi connectivity index (χ2n) is 8.58. The molecule has 4 fully saturated rings. The topological polar surface area (TPSA) is 94.0 Å². The van der Waals surface area contributed by atoms with E-state index in [-0.39, 0.29) is 28.8 Å². The van der Waals surface area contributed by atoms with Gasteiger partial charge in [-0.25, -0.2) is 0 Å². The molecule has 6 heteroatoms. The molecule has 0 saturated heterocycles. The molecule has 4 aliphatic carbocycles. The molecule has 0 aromatic heterocycles. The monoisotopic (exact) mass is 358 g/mol. The van der Waals surface area contributed by atoms with Crippen LogP contribution in [0.1, 0.15) is 52.4 Å². The van der Waals surface area contributed by atoms with E-state index in [0.717, 1.165) is 17.8 Å². The minimum absolute atomic E-state index is 0.0874. The lowest BCUT2D eigenvalue weighted by Gasteiger charge is -2.59. The fourth-order valence-electron chi connectivity index (χ4n) is 5.77. The Morgan fingerprint density at radius 2 is 1.73 bits per heavy atom. The summed E-state index contributed by atoms with van der Waals surface area (Å²) < 4.78 is 0. The first-order chi connectivity index (χ1) is 12.4. The van der Waals surface area contributed by atoms with Crippen LogP contribution in [-0.2, 0) is 9.59 Å². The van der Waals surface area contributed by atoms with Crippen molar-refractivity contribution in [2.75, 3.05) is 13.1 Å². The Bertz CT molecular complexity index is 599. The number of amides is 2. The summed E-state index contributed by atoms with van der Waals surface area (Å²) in [6, 6.07) is 2.08. The van der Waals surface area contributed by atoms with E-state index >= 15 is 0 Å². The molecule has 0 radical (unpaired) electrons. The smallest absolute Gasteiger partial charge is 0.263 e. The van der Waals surface area contributed by atoms with Crippen LogP contribution in [0, 0.1) is 34.5 Å². The van der Waals surface area contributed by atoms with Crippen LogP contribution in [0.4, 0.5) is 0 Å². The van der Waals surface area contributed by atoms with Crippen LogP contribution < -0.4 is 16.0 Å². The molecule has 4 saturated carbocycles. The maximum absolute atomic E-state index is 12.5. The lowest BCUT2D eigenvalue weighted by atomic mass is 9.48. The van der Waals surface area contributed by atoms with E-state index in [1.54, 1.807) is 0 Å². The highest BCUT2D eigenvalue weighted by Crippen LogP contribution is 2.61. The molecule has 4 aliphatic rings. The Hall–Kier alpha value is -2.03. The van der Waals surface area contributed by atoms with Crippen molar-refractivity contribution in [2.45, 2.75) is 58.4 Å². The Morgan fingerprint density at radius 3 is 2.23 bits per heavy atom. The van der Waals surface area contributed by atoms with Gasteiger partial charge in [0.05, 0.1) is 0 Å². The summed E-state index contributed by atoms with van der Waals surface area (Å²) >= 11 is 0. The van der Waals surface area contributed by atoms with Gasteiger partial charge in [0.1, 0.15) is 11.6 Å². The minimum atomic E-state index is -0.303. The number of nitrogens with zero attached hydrogens (tertiary/aromatic N) is 1. The van der Waals surface area contributed by atoms with Crippen LogP contribution in [0.25, 0.3) is 0 Å². The van der Waals surface area contributed by atoms with Crippen LogP contribution in [0.2, 0.25) is 0 Å². The summed E-state index contributed by atoms with van der Waals surface area (Å²) in [4.78, 5) is 23.4. The first-order valence-electron chi connectivity index (χ1n) is 9.81. The molecule has 0 aliphatic heterocycles. The van der Waals surface area contributed by atoms with E-state index in [0.29, 0.717) is 13.1 Å². The molecular weight excluding hydrogens is 328 g/mol. The molecule has 3 N–H and O–H groups in total. The molecule has 0 spiro atoms. The highest BCUT2D eigenvalue weighted by Gasteiger charge is 2.53. The zero-order valence-corrected chi connectivity index (χ0v) is 15.8. The summed E-state index contributed by atoms with van der Waals surface area (Å²) in [6.07, 6.45) is 9.25. The molecule has 2 amide bonds. The summed E-state index contributed by atoms with van der Waals surface area (Å²) in [5.41, 5.74) is 0.313. The Labute approximate surface area is 155 Å². The first-order valence-corrected chi connectivity index (χ1v) is 9.81. The van der Waals surface area contributed by atoms with Gasteiger partial charge >= 0.3 is 0 Å². The number of carbonyl (C=O) groups excluding carboxylic acids is 2. The van der Waals surface area contributed by atoms with E-state index in [4.69, 9.17) is 0 Å². The van der Waals surface area contributed by atoms with Crippen LogP contribution in [0.3, 0.4) is 0 Å². The van der Waals surface area contributed by atoms with E-state index in [9.17, 15) is 14.9 Å². The maximum Gasteiger partial charge on any atom is 0.263 e. The molecular formula is C20H30N4O2. The molecule has 0 aromatic carbocycles. The molecule has 26 heavy (non-hydrogen) atoms. The van der Waals surface area contributed by atoms with Gasteiger partial charge in [0.25, 0.3) is 5.91 Å². The van der Waals surface area contributed by atoms with Crippen molar-refractivity contribution in [3.63, 3.8) is 0 Å². The van der Waals surface area contributed by atoms with Gasteiger partial charge in [0, 0.05) is 32.3 Å². The van der Waals surface area contributed by atoms with Crippen molar-refractivity contribution < 1.29 is 9.59 Å². The number of nitriles is 1. The standard InChI is InChI=1S/C20H30N4O2/c1-13(20-8-15-5-16(9-20)7-17(6-15)10-20)24-19(26)18(11-21)12-22-3-4-23-14(2)25/h12-13,15-17,22H,3-10H2,1-2H3,(H,23,25)(H,24,26)/b18-12-. The molecule has 4 bridgehead atoms. The normalized spacial score (nSPS) is 33.3. The lowest BCUT2D eigenvalue weighted by molar-refractivity contribution is -0.122. The van der Waals surface area contributed by atoms with Gasteiger partial charge in [0.15, 0.2) is 0 Å². The van der Waals surface area contributed by atoms with Gasteiger partial charge in [-0.15, -0.1) is 0 Å². The van der Waals surface area contributed by atoms with Gasteiger partial charge in [-0.2, -0.15) is 5.26 Å². The van der Waals surface area contributed by atoms with Crippen molar-refractivity contribution in [1.82, 2.24) is 16.0 Å². The molecule has 4 rings (SSSR count). The molecule has 6 nitrogen and oxygen atoms in total. The van der Waals surface area contributed by atoms with Crippen molar-refractivity contribution >= 4 is 11.8 Å². The number of nitrogens with one attached hydrogen (secondary N) is 3. The Kier molecular flexibility index (Phi) is 5.55. The van der Waals surface area contributed by atoms with Crippen LogP contribution >= 0.6 is 0 Å². The van der Waals surface area contributed by atoms with E-state index in [1.165, 1.54) is 51.6 Å². The van der Waals surface area contributed by atoms with Crippen molar-refractivity contribution in [1.29, 1.82) is 5.26 Å². The first kappa shape index (κ1) is 18.8. The number of hydrogen-bond acceptors (Lipinski definition) is 4. The highest BCUT2D eigenvalue weighted by molar-refractivity contribution is 5.97. The number of hydrogen-bond donors (Lipinski definition) is 3.